The van der Waals surface area contributed by atoms with E-state index < -0.39 is 0 Å². The Kier molecular flexibility index (Phi) is 7.43. The van der Waals surface area contributed by atoms with E-state index >= 15 is 0 Å². The predicted octanol–water partition coefficient (Wildman–Crippen LogP) is 13.5. The zero-order chi connectivity index (χ0) is 37.5. The standard InChI is InChI=1S/C51H34N4S2/c1-3-12-31(13-4-1)49-52-50(32-14-5-2-6-15-32)54-51(53-49)34-23-27-45-42(28-34)40-25-22-33(29-46(40)56-45)36-18-11-19-41-39-26-24-35(30-47(39)57-48(36)41)55-43-20-9-7-16-37(43)38-17-8-10-21-44(38)55/h1-23,25,27-30,49H,24,26H2,(H,52,53,54). The number of amidine groups is 2. The quantitative estimate of drug-likeness (QED) is 0.186. The first-order valence-electron chi connectivity index (χ1n) is 19.5. The molecule has 1 aliphatic heterocycles. The highest BCUT2D eigenvalue weighted by atomic mass is 32.1. The van der Waals surface area contributed by atoms with Crippen molar-refractivity contribution < 1.29 is 0 Å². The molecule has 57 heavy (non-hydrogen) atoms. The minimum Gasteiger partial charge on any atom is -0.344 e. The van der Waals surface area contributed by atoms with Crippen molar-refractivity contribution in [3.05, 3.63) is 191 Å². The van der Waals surface area contributed by atoms with Crippen molar-refractivity contribution in [1.29, 1.82) is 0 Å². The number of aryl methyl sites for hydroxylation is 1. The number of hydrogen-bond donors (Lipinski definition) is 1. The second-order valence-corrected chi connectivity index (χ2v) is 17.0. The van der Waals surface area contributed by atoms with Gasteiger partial charge in [-0.25, -0.2) is 9.98 Å². The molecule has 4 heterocycles. The van der Waals surface area contributed by atoms with E-state index in [4.69, 9.17) is 9.98 Å². The van der Waals surface area contributed by atoms with E-state index in [1.165, 1.54) is 79.3 Å². The third-order valence-corrected chi connectivity index (χ3v) is 14.0. The molecule has 0 saturated carbocycles. The smallest absolute Gasteiger partial charge is 0.159 e. The van der Waals surface area contributed by atoms with Crippen molar-refractivity contribution >= 4 is 98.2 Å². The van der Waals surface area contributed by atoms with Gasteiger partial charge in [0.2, 0.25) is 0 Å². The molecule has 3 aromatic heterocycles. The molecule has 1 aliphatic carbocycles. The molecule has 2 aliphatic rings. The summed E-state index contributed by atoms with van der Waals surface area (Å²) in [6, 6.07) is 58.9. The van der Waals surface area contributed by atoms with Crippen LogP contribution in [0.5, 0.6) is 0 Å². The van der Waals surface area contributed by atoms with Gasteiger partial charge >= 0.3 is 0 Å². The van der Waals surface area contributed by atoms with Gasteiger partial charge in [-0.15, -0.1) is 22.7 Å². The molecule has 10 aromatic rings. The maximum atomic E-state index is 5.08. The lowest BCUT2D eigenvalue weighted by atomic mass is 9.96. The summed E-state index contributed by atoms with van der Waals surface area (Å²) < 4.78 is 6.42. The van der Waals surface area contributed by atoms with E-state index in [2.05, 4.69) is 155 Å². The number of aliphatic imine (C=N–C) groups is 2. The lowest BCUT2D eigenvalue weighted by Crippen LogP contribution is -2.33. The third kappa shape index (κ3) is 5.32. The van der Waals surface area contributed by atoms with Gasteiger partial charge in [-0.2, -0.15) is 0 Å². The molecule has 270 valence electrons. The SMILES string of the molecule is C1=C(n2c3ccccc3c3ccccc32)CCc2c1sc1c(-c3ccc4c(c3)sc3ccc(C5=NC(c6ccccc6)=NC(c6ccccc6)N5)cc34)cccc21. The Hall–Kier alpha value is -6.60. The van der Waals surface area contributed by atoms with Gasteiger partial charge in [0.05, 0.1) is 11.0 Å². The van der Waals surface area contributed by atoms with Crippen molar-refractivity contribution in [2.24, 2.45) is 9.98 Å². The Labute approximate surface area is 337 Å². The van der Waals surface area contributed by atoms with Crippen molar-refractivity contribution in [2.45, 2.75) is 19.0 Å². The third-order valence-electron chi connectivity index (χ3n) is 11.6. The number of nitrogens with zero attached hydrogens (tertiary/aromatic N) is 3. The Morgan fingerprint density at radius 3 is 2.07 bits per heavy atom. The molecule has 12 rings (SSSR count). The van der Waals surface area contributed by atoms with E-state index in [1.807, 2.05) is 46.9 Å². The van der Waals surface area contributed by atoms with Crippen LogP contribution in [0.4, 0.5) is 0 Å². The Morgan fingerprint density at radius 2 is 1.26 bits per heavy atom. The van der Waals surface area contributed by atoms with Crippen molar-refractivity contribution in [3.63, 3.8) is 0 Å². The molecule has 7 aromatic carbocycles. The number of nitrogens with one attached hydrogen (secondary N) is 1. The summed E-state index contributed by atoms with van der Waals surface area (Å²) >= 11 is 3.80. The fraction of sp³-hybridized carbons (Fsp3) is 0.0588. The van der Waals surface area contributed by atoms with Crippen LogP contribution in [0.3, 0.4) is 0 Å². The van der Waals surface area contributed by atoms with Gasteiger partial charge in [0.25, 0.3) is 0 Å². The number of thiophene rings is 2. The molecule has 1 unspecified atom stereocenters. The number of benzene rings is 7. The second-order valence-electron chi connectivity index (χ2n) is 14.9. The minimum absolute atomic E-state index is 0.229. The van der Waals surface area contributed by atoms with Crippen LogP contribution in [0.1, 0.15) is 39.7 Å². The van der Waals surface area contributed by atoms with Crippen molar-refractivity contribution in [2.75, 3.05) is 0 Å². The van der Waals surface area contributed by atoms with Crippen molar-refractivity contribution in [3.8, 4) is 11.1 Å². The summed E-state index contributed by atoms with van der Waals surface area (Å²) in [7, 11) is 0. The fourth-order valence-corrected chi connectivity index (χ4v) is 11.4. The van der Waals surface area contributed by atoms with Crippen LogP contribution in [0.15, 0.2) is 174 Å². The lowest BCUT2D eigenvalue weighted by Gasteiger charge is -2.23. The van der Waals surface area contributed by atoms with E-state index in [9.17, 15) is 0 Å². The number of aromatic nitrogens is 1. The monoisotopic (exact) mass is 766 g/mol. The second kappa shape index (κ2) is 13.0. The van der Waals surface area contributed by atoms with E-state index in [0.717, 1.165) is 41.2 Å². The highest BCUT2D eigenvalue weighted by Gasteiger charge is 2.24. The molecular weight excluding hydrogens is 733 g/mol. The summed E-state index contributed by atoms with van der Waals surface area (Å²) in [6.45, 7) is 0. The van der Waals surface area contributed by atoms with Gasteiger partial charge in [-0.3, -0.25) is 0 Å². The van der Waals surface area contributed by atoms with Crippen LogP contribution in [0.2, 0.25) is 0 Å². The van der Waals surface area contributed by atoms with E-state index in [0.29, 0.717) is 0 Å². The van der Waals surface area contributed by atoms with Gasteiger partial charge in [0.1, 0.15) is 12.0 Å². The number of para-hydroxylation sites is 2. The molecule has 0 amide bonds. The molecule has 6 heteroatoms. The molecule has 0 spiro atoms. The molecule has 0 bridgehead atoms. The van der Waals surface area contributed by atoms with Crippen LogP contribution in [-0.4, -0.2) is 16.2 Å². The van der Waals surface area contributed by atoms with Crippen LogP contribution >= 0.6 is 22.7 Å². The maximum Gasteiger partial charge on any atom is 0.159 e. The number of rotatable bonds is 5. The van der Waals surface area contributed by atoms with Gasteiger partial charge < -0.3 is 9.88 Å². The lowest BCUT2D eigenvalue weighted by molar-refractivity contribution is 0.674. The molecular formula is C51H34N4S2. The van der Waals surface area contributed by atoms with Crippen LogP contribution in [0, 0.1) is 0 Å². The summed E-state index contributed by atoms with van der Waals surface area (Å²) in [5.74, 6) is 1.57. The largest absolute Gasteiger partial charge is 0.344 e. The van der Waals surface area contributed by atoms with E-state index in [1.54, 1.807) is 0 Å². The molecule has 0 radical (unpaired) electrons. The van der Waals surface area contributed by atoms with Crippen LogP contribution in [0.25, 0.3) is 75.0 Å². The topological polar surface area (TPSA) is 41.7 Å². The average molecular weight is 767 g/mol. The number of hydrogen-bond acceptors (Lipinski definition) is 5. The first-order valence-corrected chi connectivity index (χ1v) is 21.1. The average Bonchev–Trinajstić information content (AvgIpc) is 3.95. The van der Waals surface area contributed by atoms with Gasteiger partial charge in [-0.05, 0) is 83.0 Å². The summed E-state index contributed by atoms with van der Waals surface area (Å²) in [5.41, 5.74) is 11.1. The summed E-state index contributed by atoms with van der Waals surface area (Å²) in [5, 5.41) is 10.2. The number of fused-ring (bicyclic) bond motifs is 9. The molecule has 4 nitrogen and oxygen atoms in total. The van der Waals surface area contributed by atoms with Crippen molar-refractivity contribution in [1.82, 2.24) is 9.88 Å². The summed E-state index contributed by atoms with van der Waals surface area (Å²) in [6.07, 6.45) is 4.28. The normalized spacial score (nSPS) is 15.5. The van der Waals surface area contributed by atoms with Gasteiger partial charge in [0, 0.05) is 57.3 Å². The van der Waals surface area contributed by atoms with E-state index in [-0.39, 0.29) is 6.17 Å². The fourth-order valence-electron chi connectivity index (χ4n) is 8.89. The highest BCUT2D eigenvalue weighted by molar-refractivity contribution is 7.25. The summed E-state index contributed by atoms with van der Waals surface area (Å²) in [4.78, 5) is 11.5. The first-order chi connectivity index (χ1) is 28.2. The molecule has 1 atom stereocenters. The number of allylic oxidation sites excluding steroid dienone is 1. The molecule has 0 fully saturated rings. The van der Waals surface area contributed by atoms with Crippen LogP contribution in [-0.2, 0) is 6.42 Å². The Morgan fingerprint density at radius 1 is 0.544 bits per heavy atom. The van der Waals surface area contributed by atoms with Gasteiger partial charge in [-0.1, -0.05) is 127 Å². The maximum absolute atomic E-state index is 5.08. The zero-order valence-electron chi connectivity index (χ0n) is 30.8. The molecule has 0 saturated heterocycles. The first kappa shape index (κ1) is 32.6. The predicted molar refractivity (Wildman–Crippen MR) is 244 cm³/mol. The zero-order valence-corrected chi connectivity index (χ0v) is 32.4. The minimum atomic E-state index is -0.229. The Balaban J connectivity index is 0.922. The van der Waals surface area contributed by atoms with Crippen LogP contribution < -0.4 is 5.32 Å². The molecule has 1 N–H and O–H groups in total. The van der Waals surface area contributed by atoms with Gasteiger partial charge in [0.15, 0.2) is 5.84 Å². The Bertz CT molecular complexity index is 3270. The highest BCUT2D eigenvalue weighted by Crippen LogP contribution is 2.45.